The molecule has 4 rings (SSSR count). The van der Waals surface area contributed by atoms with Crippen LogP contribution in [0.5, 0.6) is 0 Å². The van der Waals surface area contributed by atoms with Gasteiger partial charge in [-0.3, -0.25) is 0 Å². The second kappa shape index (κ2) is 5.73. The van der Waals surface area contributed by atoms with Gasteiger partial charge in [-0.2, -0.15) is 0 Å². The van der Waals surface area contributed by atoms with Gasteiger partial charge in [0, 0.05) is 18.2 Å². The summed E-state index contributed by atoms with van der Waals surface area (Å²) in [5, 5.41) is 0. The van der Waals surface area contributed by atoms with E-state index in [0.717, 1.165) is 29.0 Å². The first kappa shape index (κ1) is 13.8. The number of aryl methyl sites for hydroxylation is 1. The molecule has 2 heteroatoms. The lowest BCUT2D eigenvalue weighted by Gasteiger charge is -2.04. The SMILES string of the molecule is Cc1ccccc1Cc1nc(-c2ccccc2)c2ccccn12. The first-order valence-electron chi connectivity index (χ1n) is 7.89. The van der Waals surface area contributed by atoms with Crippen molar-refractivity contribution in [2.45, 2.75) is 13.3 Å². The molecule has 0 radical (unpaired) electrons. The van der Waals surface area contributed by atoms with Crippen molar-refractivity contribution in [3.63, 3.8) is 0 Å². The van der Waals surface area contributed by atoms with E-state index in [9.17, 15) is 0 Å². The molecule has 0 fully saturated rings. The Balaban J connectivity index is 1.87. The Morgan fingerprint density at radius 1 is 0.826 bits per heavy atom. The number of imidazole rings is 1. The van der Waals surface area contributed by atoms with Crippen LogP contribution in [0.2, 0.25) is 0 Å². The predicted octanol–water partition coefficient (Wildman–Crippen LogP) is 4.90. The van der Waals surface area contributed by atoms with Gasteiger partial charge in [-0.1, -0.05) is 60.7 Å². The van der Waals surface area contributed by atoms with Crippen LogP contribution in [-0.2, 0) is 6.42 Å². The van der Waals surface area contributed by atoms with Crippen LogP contribution in [0.15, 0.2) is 79.0 Å². The number of benzene rings is 2. The summed E-state index contributed by atoms with van der Waals surface area (Å²) >= 11 is 0. The number of hydrogen-bond donors (Lipinski definition) is 0. The minimum absolute atomic E-state index is 0.838. The second-order valence-corrected chi connectivity index (χ2v) is 5.80. The topological polar surface area (TPSA) is 17.3 Å². The highest BCUT2D eigenvalue weighted by molar-refractivity contribution is 5.77. The lowest BCUT2D eigenvalue weighted by atomic mass is 10.1. The van der Waals surface area contributed by atoms with Crippen molar-refractivity contribution in [3.05, 3.63) is 95.9 Å². The molecule has 112 valence electrons. The molecule has 23 heavy (non-hydrogen) atoms. The molecule has 0 spiro atoms. The monoisotopic (exact) mass is 298 g/mol. The van der Waals surface area contributed by atoms with E-state index in [0.29, 0.717) is 0 Å². The van der Waals surface area contributed by atoms with E-state index in [1.807, 2.05) is 6.07 Å². The van der Waals surface area contributed by atoms with Crippen molar-refractivity contribution >= 4 is 5.52 Å². The summed E-state index contributed by atoms with van der Waals surface area (Å²) < 4.78 is 2.20. The maximum Gasteiger partial charge on any atom is 0.118 e. The fourth-order valence-electron chi connectivity index (χ4n) is 3.01. The summed E-state index contributed by atoms with van der Waals surface area (Å²) in [7, 11) is 0. The Labute approximate surface area is 136 Å². The largest absolute Gasteiger partial charge is 0.303 e. The molecular formula is C21H18N2. The highest BCUT2D eigenvalue weighted by Crippen LogP contribution is 2.26. The zero-order valence-corrected chi connectivity index (χ0v) is 13.1. The Morgan fingerprint density at radius 3 is 2.39 bits per heavy atom. The van der Waals surface area contributed by atoms with Crippen LogP contribution in [0.3, 0.4) is 0 Å². The molecule has 2 heterocycles. The highest BCUT2D eigenvalue weighted by Gasteiger charge is 2.13. The lowest BCUT2D eigenvalue weighted by molar-refractivity contribution is 0.955. The lowest BCUT2D eigenvalue weighted by Crippen LogP contribution is -1.97. The van der Waals surface area contributed by atoms with Gasteiger partial charge in [-0.25, -0.2) is 4.98 Å². The van der Waals surface area contributed by atoms with Crippen molar-refractivity contribution in [3.8, 4) is 11.3 Å². The highest BCUT2D eigenvalue weighted by atomic mass is 15.0. The van der Waals surface area contributed by atoms with Gasteiger partial charge >= 0.3 is 0 Å². The average molecular weight is 298 g/mol. The summed E-state index contributed by atoms with van der Waals surface area (Å²) in [6.07, 6.45) is 2.94. The van der Waals surface area contributed by atoms with Crippen LogP contribution in [-0.4, -0.2) is 9.38 Å². The summed E-state index contributed by atoms with van der Waals surface area (Å²) in [6.45, 7) is 2.16. The molecule has 0 N–H and O–H groups in total. The maximum atomic E-state index is 4.96. The molecule has 0 aliphatic heterocycles. The predicted molar refractivity (Wildman–Crippen MR) is 94.6 cm³/mol. The van der Waals surface area contributed by atoms with E-state index >= 15 is 0 Å². The molecule has 0 saturated carbocycles. The Hall–Kier alpha value is -2.87. The number of hydrogen-bond acceptors (Lipinski definition) is 1. The van der Waals surface area contributed by atoms with E-state index in [4.69, 9.17) is 4.98 Å². The molecule has 0 unspecified atom stereocenters. The van der Waals surface area contributed by atoms with Gasteiger partial charge in [-0.15, -0.1) is 0 Å². The van der Waals surface area contributed by atoms with Gasteiger partial charge in [0.05, 0.1) is 11.2 Å². The number of nitrogens with zero attached hydrogens (tertiary/aromatic N) is 2. The maximum absolute atomic E-state index is 4.96. The smallest absolute Gasteiger partial charge is 0.118 e. The van der Waals surface area contributed by atoms with E-state index in [1.54, 1.807) is 0 Å². The summed E-state index contributed by atoms with van der Waals surface area (Å²) in [5.41, 5.74) is 5.99. The van der Waals surface area contributed by atoms with Crippen molar-refractivity contribution in [2.75, 3.05) is 0 Å². The van der Waals surface area contributed by atoms with Gasteiger partial charge in [0.25, 0.3) is 0 Å². The minimum atomic E-state index is 0.838. The van der Waals surface area contributed by atoms with Crippen molar-refractivity contribution in [1.82, 2.24) is 9.38 Å². The number of rotatable bonds is 3. The normalized spacial score (nSPS) is 11.0. The van der Waals surface area contributed by atoms with Crippen LogP contribution in [0.1, 0.15) is 17.0 Å². The van der Waals surface area contributed by atoms with Crippen molar-refractivity contribution in [2.24, 2.45) is 0 Å². The molecule has 2 aromatic carbocycles. The molecule has 0 bridgehead atoms. The third-order valence-electron chi connectivity index (χ3n) is 4.28. The Kier molecular flexibility index (Phi) is 3.43. The third kappa shape index (κ3) is 2.53. The van der Waals surface area contributed by atoms with Crippen LogP contribution >= 0.6 is 0 Å². The minimum Gasteiger partial charge on any atom is -0.303 e. The second-order valence-electron chi connectivity index (χ2n) is 5.80. The Morgan fingerprint density at radius 2 is 1.57 bits per heavy atom. The number of fused-ring (bicyclic) bond motifs is 1. The van der Waals surface area contributed by atoms with Crippen molar-refractivity contribution < 1.29 is 0 Å². The third-order valence-corrected chi connectivity index (χ3v) is 4.28. The number of pyridine rings is 1. The molecule has 0 atom stereocenters. The van der Waals surface area contributed by atoms with Crippen LogP contribution in [0.25, 0.3) is 16.8 Å². The molecule has 0 aliphatic rings. The molecule has 0 saturated heterocycles. The molecule has 2 aromatic heterocycles. The van der Waals surface area contributed by atoms with Gasteiger partial charge in [-0.05, 0) is 30.2 Å². The molecule has 0 amide bonds. The number of aromatic nitrogens is 2. The van der Waals surface area contributed by atoms with E-state index in [2.05, 4.69) is 84.3 Å². The van der Waals surface area contributed by atoms with E-state index in [1.165, 1.54) is 11.1 Å². The van der Waals surface area contributed by atoms with Gasteiger partial charge in [0.1, 0.15) is 5.82 Å². The first-order chi connectivity index (χ1) is 11.3. The summed E-state index contributed by atoms with van der Waals surface area (Å²) in [5.74, 6) is 1.08. The molecule has 4 aromatic rings. The van der Waals surface area contributed by atoms with Gasteiger partial charge in [0.2, 0.25) is 0 Å². The fraction of sp³-hybridized carbons (Fsp3) is 0.0952. The zero-order chi connectivity index (χ0) is 15.6. The van der Waals surface area contributed by atoms with Crippen molar-refractivity contribution in [1.29, 1.82) is 0 Å². The van der Waals surface area contributed by atoms with Crippen LogP contribution < -0.4 is 0 Å². The molecular weight excluding hydrogens is 280 g/mol. The zero-order valence-electron chi connectivity index (χ0n) is 13.1. The van der Waals surface area contributed by atoms with Crippen LogP contribution in [0, 0.1) is 6.92 Å². The average Bonchev–Trinajstić information content (AvgIpc) is 2.97. The van der Waals surface area contributed by atoms with Gasteiger partial charge < -0.3 is 4.40 Å². The van der Waals surface area contributed by atoms with Gasteiger partial charge in [0.15, 0.2) is 0 Å². The molecule has 0 aliphatic carbocycles. The molecule has 2 nitrogen and oxygen atoms in total. The van der Waals surface area contributed by atoms with Crippen LogP contribution in [0.4, 0.5) is 0 Å². The van der Waals surface area contributed by atoms with E-state index < -0.39 is 0 Å². The summed E-state index contributed by atoms with van der Waals surface area (Å²) in [4.78, 5) is 4.96. The first-order valence-corrected chi connectivity index (χ1v) is 7.89. The quantitative estimate of drug-likeness (QED) is 0.526. The standard InChI is InChI=1S/C21H18N2/c1-16-9-5-6-12-18(16)15-20-22-21(17-10-3-2-4-11-17)19-13-7-8-14-23(19)20/h2-14H,15H2,1H3. The fourth-order valence-corrected chi connectivity index (χ4v) is 3.01. The van der Waals surface area contributed by atoms with E-state index in [-0.39, 0.29) is 0 Å². The Bertz CT molecular complexity index is 952. The summed E-state index contributed by atoms with van der Waals surface area (Å²) in [6, 6.07) is 25.2.